The fraction of sp³-hybridized carbons (Fsp3) is 0.846. The molecule has 0 aromatic heterocycles. The molecule has 0 N–H and O–H groups in total. The maximum atomic E-state index is 4.21. The fourth-order valence-corrected chi connectivity index (χ4v) is 3.09. The van der Waals surface area contributed by atoms with E-state index in [0.717, 1.165) is 11.8 Å². The summed E-state index contributed by atoms with van der Waals surface area (Å²) in [6, 6.07) is 0. The molecule has 0 heterocycles. The van der Waals surface area contributed by atoms with Gasteiger partial charge in [0.1, 0.15) is 0 Å². The summed E-state index contributed by atoms with van der Waals surface area (Å²) in [6.07, 6.45) is 8.52. The van der Waals surface area contributed by atoms with Crippen molar-refractivity contribution in [2.45, 2.75) is 52.4 Å². The van der Waals surface area contributed by atoms with E-state index in [2.05, 4.69) is 20.4 Å². The second-order valence-electron chi connectivity index (χ2n) is 5.48. The number of hydrogen-bond donors (Lipinski definition) is 0. The summed E-state index contributed by atoms with van der Waals surface area (Å²) in [5.74, 6) is 1.94. The van der Waals surface area contributed by atoms with Crippen LogP contribution in [0.4, 0.5) is 0 Å². The zero-order valence-corrected chi connectivity index (χ0v) is 9.10. The van der Waals surface area contributed by atoms with Gasteiger partial charge in [-0.2, -0.15) is 0 Å². The molecule has 0 amide bonds. The van der Waals surface area contributed by atoms with Crippen LogP contribution in [0.3, 0.4) is 0 Å². The first-order chi connectivity index (χ1) is 6.13. The van der Waals surface area contributed by atoms with Crippen LogP contribution in [0.1, 0.15) is 52.4 Å². The van der Waals surface area contributed by atoms with Crippen LogP contribution in [0.5, 0.6) is 0 Å². The first kappa shape index (κ1) is 9.30. The first-order valence-electron chi connectivity index (χ1n) is 5.81. The molecule has 0 bridgehead atoms. The van der Waals surface area contributed by atoms with Gasteiger partial charge in [0.25, 0.3) is 0 Å². The Labute approximate surface area is 82.4 Å². The third-order valence-corrected chi connectivity index (χ3v) is 4.67. The molecule has 2 rings (SSSR count). The minimum absolute atomic E-state index is 0.542. The second kappa shape index (κ2) is 3.15. The maximum absolute atomic E-state index is 4.21. The quantitative estimate of drug-likeness (QED) is 0.529. The second-order valence-corrected chi connectivity index (χ2v) is 5.48. The Bertz CT molecular complexity index is 208. The van der Waals surface area contributed by atoms with Crippen molar-refractivity contribution in [2.75, 3.05) is 0 Å². The molecule has 13 heavy (non-hydrogen) atoms. The van der Waals surface area contributed by atoms with Crippen LogP contribution in [0.15, 0.2) is 12.2 Å². The zero-order chi connectivity index (χ0) is 9.47. The van der Waals surface area contributed by atoms with Gasteiger partial charge in [-0.05, 0) is 42.9 Å². The van der Waals surface area contributed by atoms with Gasteiger partial charge in [0.2, 0.25) is 0 Å². The highest BCUT2D eigenvalue weighted by molar-refractivity contribution is 5.20. The molecule has 0 saturated heterocycles. The molecule has 74 valence electrons. The minimum Gasteiger partial charge on any atom is -0.0993 e. The summed E-state index contributed by atoms with van der Waals surface area (Å²) in [4.78, 5) is 0. The lowest BCUT2D eigenvalue weighted by atomic mass is 9.56. The third-order valence-electron chi connectivity index (χ3n) is 4.67. The van der Waals surface area contributed by atoms with Gasteiger partial charge in [-0.15, -0.1) is 0 Å². The Morgan fingerprint density at radius 2 is 1.85 bits per heavy atom. The van der Waals surface area contributed by atoms with Crippen LogP contribution in [0.25, 0.3) is 0 Å². The van der Waals surface area contributed by atoms with Crippen LogP contribution in [0.2, 0.25) is 0 Å². The Morgan fingerprint density at radius 3 is 2.23 bits per heavy atom. The Hall–Kier alpha value is -0.260. The largest absolute Gasteiger partial charge is 0.0993 e. The average Bonchev–Trinajstić information content (AvgIpc) is 2.15. The van der Waals surface area contributed by atoms with E-state index in [9.17, 15) is 0 Å². The standard InChI is InChI=1S/C13H22/c1-10-4-6-12(7-5-10)13(3)9-8-11(13)2/h10,12H,2,4-9H2,1,3H3. The van der Waals surface area contributed by atoms with Crippen molar-refractivity contribution in [1.29, 1.82) is 0 Å². The predicted octanol–water partition coefficient (Wildman–Crippen LogP) is 4.17. The van der Waals surface area contributed by atoms with Gasteiger partial charge in [-0.1, -0.05) is 38.8 Å². The fourth-order valence-electron chi connectivity index (χ4n) is 3.09. The van der Waals surface area contributed by atoms with Crippen molar-refractivity contribution in [3.63, 3.8) is 0 Å². The summed E-state index contributed by atoms with van der Waals surface area (Å²) < 4.78 is 0. The molecule has 2 fully saturated rings. The summed E-state index contributed by atoms with van der Waals surface area (Å²) in [5.41, 5.74) is 2.08. The van der Waals surface area contributed by atoms with Gasteiger partial charge in [-0.25, -0.2) is 0 Å². The lowest BCUT2D eigenvalue weighted by Gasteiger charge is -2.49. The van der Waals surface area contributed by atoms with Gasteiger partial charge >= 0.3 is 0 Å². The monoisotopic (exact) mass is 178 g/mol. The molecule has 2 saturated carbocycles. The van der Waals surface area contributed by atoms with Crippen LogP contribution >= 0.6 is 0 Å². The van der Waals surface area contributed by atoms with Crippen molar-refractivity contribution in [2.24, 2.45) is 17.3 Å². The van der Waals surface area contributed by atoms with Gasteiger partial charge < -0.3 is 0 Å². The van der Waals surface area contributed by atoms with E-state index >= 15 is 0 Å². The van der Waals surface area contributed by atoms with Crippen LogP contribution in [-0.2, 0) is 0 Å². The smallest absolute Gasteiger partial charge is 0.00878 e. The van der Waals surface area contributed by atoms with Gasteiger partial charge in [-0.3, -0.25) is 0 Å². The van der Waals surface area contributed by atoms with Gasteiger partial charge in [0, 0.05) is 0 Å². The van der Waals surface area contributed by atoms with Crippen molar-refractivity contribution in [3.05, 3.63) is 12.2 Å². The molecule has 2 aliphatic carbocycles. The average molecular weight is 178 g/mol. The molecule has 0 aliphatic heterocycles. The molecule has 0 heteroatoms. The SMILES string of the molecule is C=C1CCC1(C)C1CCC(C)CC1. The van der Waals surface area contributed by atoms with Gasteiger partial charge in [0.05, 0.1) is 0 Å². The number of hydrogen-bond acceptors (Lipinski definition) is 0. The Morgan fingerprint density at radius 1 is 1.23 bits per heavy atom. The molecule has 2 aliphatic rings. The predicted molar refractivity (Wildman–Crippen MR) is 57.6 cm³/mol. The Kier molecular flexibility index (Phi) is 2.25. The van der Waals surface area contributed by atoms with Crippen molar-refractivity contribution in [3.8, 4) is 0 Å². The highest BCUT2D eigenvalue weighted by Gasteiger charge is 2.43. The van der Waals surface area contributed by atoms with Crippen molar-refractivity contribution in [1.82, 2.24) is 0 Å². The lowest BCUT2D eigenvalue weighted by Crippen LogP contribution is -2.38. The molecule has 0 aromatic rings. The molecule has 1 atom stereocenters. The highest BCUT2D eigenvalue weighted by atomic mass is 14.5. The van der Waals surface area contributed by atoms with E-state index < -0.39 is 0 Å². The van der Waals surface area contributed by atoms with Gasteiger partial charge in [0.15, 0.2) is 0 Å². The third kappa shape index (κ3) is 1.45. The first-order valence-corrected chi connectivity index (χ1v) is 5.81. The minimum atomic E-state index is 0.542. The molecule has 0 nitrogen and oxygen atoms in total. The highest BCUT2D eigenvalue weighted by Crippen LogP contribution is 2.54. The molecular formula is C13H22. The number of rotatable bonds is 1. The summed E-state index contributed by atoms with van der Waals surface area (Å²) in [6.45, 7) is 9.05. The molecule has 1 unspecified atom stereocenters. The van der Waals surface area contributed by atoms with E-state index in [0.29, 0.717) is 5.41 Å². The molecular weight excluding hydrogens is 156 g/mol. The van der Waals surface area contributed by atoms with Crippen LogP contribution in [0, 0.1) is 17.3 Å². The Balaban J connectivity index is 1.98. The summed E-state index contributed by atoms with van der Waals surface area (Å²) in [5, 5.41) is 0. The molecule has 0 spiro atoms. The van der Waals surface area contributed by atoms with Crippen LogP contribution < -0.4 is 0 Å². The van der Waals surface area contributed by atoms with E-state index in [-0.39, 0.29) is 0 Å². The topological polar surface area (TPSA) is 0 Å². The maximum Gasteiger partial charge on any atom is -0.00878 e. The molecule has 0 radical (unpaired) electrons. The lowest BCUT2D eigenvalue weighted by molar-refractivity contribution is 0.102. The van der Waals surface area contributed by atoms with E-state index in [1.54, 1.807) is 0 Å². The summed E-state index contributed by atoms with van der Waals surface area (Å²) >= 11 is 0. The summed E-state index contributed by atoms with van der Waals surface area (Å²) in [7, 11) is 0. The van der Waals surface area contributed by atoms with Crippen molar-refractivity contribution >= 4 is 0 Å². The number of allylic oxidation sites excluding steroid dienone is 1. The van der Waals surface area contributed by atoms with E-state index in [1.165, 1.54) is 44.1 Å². The zero-order valence-electron chi connectivity index (χ0n) is 9.10. The molecule has 0 aromatic carbocycles. The van der Waals surface area contributed by atoms with E-state index in [4.69, 9.17) is 0 Å². The van der Waals surface area contributed by atoms with Crippen molar-refractivity contribution < 1.29 is 0 Å². The normalized spacial score (nSPS) is 45.8. The van der Waals surface area contributed by atoms with E-state index in [1.807, 2.05) is 0 Å². The van der Waals surface area contributed by atoms with Crippen LogP contribution in [-0.4, -0.2) is 0 Å².